The summed E-state index contributed by atoms with van der Waals surface area (Å²) in [6.07, 6.45) is 3.24. The van der Waals surface area contributed by atoms with Crippen LogP contribution in [0, 0.1) is 0 Å². The monoisotopic (exact) mass is 333 g/mol. The number of hydrogen-bond donors (Lipinski definition) is 0. The second-order valence-corrected chi connectivity index (χ2v) is 5.51. The molecular formula is C16H15NO5S. The fourth-order valence-electron chi connectivity index (χ4n) is 1.80. The van der Waals surface area contributed by atoms with Crippen LogP contribution in [0.25, 0.3) is 6.08 Å². The van der Waals surface area contributed by atoms with Gasteiger partial charge in [0.05, 0.1) is 12.0 Å². The van der Waals surface area contributed by atoms with Crippen LogP contribution in [-0.2, 0) is 14.3 Å². The molecule has 2 amide bonds. The highest BCUT2D eigenvalue weighted by Gasteiger charge is 2.36. The molecule has 0 aliphatic carbocycles. The van der Waals surface area contributed by atoms with E-state index >= 15 is 0 Å². The van der Waals surface area contributed by atoms with Gasteiger partial charge in [0.25, 0.3) is 11.1 Å². The average Bonchev–Trinajstić information content (AvgIpc) is 2.81. The number of carbonyl (C=O) groups excluding carboxylic acids is 3. The molecule has 2 rings (SSSR count). The third kappa shape index (κ3) is 4.23. The number of thioether (sulfide) groups is 1. The lowest BCUT2D eigenvalue weighted by atomic mass is 10.2. The lowest BCUT2D eigenvalue weighted by molar-refractivity contribution is -0.143. The topological polar surface area (TPSA) is 72.9 Å². The molecule has 0 radical (unpaired) electrons. The lowest BCUT2D eigenvalue weighted by Crippen LogP contribution is -2.34. The Morgan fingerprint density at radius 1 is 1.30 bits per heavy atom. The molecule has 0 spiro atoms. The summed E-state index contributed by atoms with van der Waals surface area (Å²) in [5.41, 5.74) is 0.750. The van der Waals surface area contributed by atoms with Crippen molar-refractivity contribution in [3.63, 3.8) is 0 Å². The molecule has 0 saturated carbocycles. The van der Waals surface area contributed by atoms with E-state index in [4.69, 9.17) is 4.74 Å². The quantitative estimate of drug-likeness (QED) is 0.452. The van der Waals surface area contributed by atoms with Crippen molar-refractivity contribution in [3.05, 3.63) is 47.4 Å². The molecule has 0 bridgehead atoms. The molecule has 0 aromatic heterocycles. The summed E-state index contributed by atoms with van der Waals surface area (Å²) in [6, 6.07) is 7.06. The molecule has 1 aromatic carbocycles. The Kier molecular flexibility index (Phi) is 5.59. The molecule has 1 heterocycles. The number of nitrogens with zero attached hydrogens (tertiary/aromatic N) is 1. The molecule has 1 aliphatic heterocycles. The summed E-state index contributed by atoms with van der Waals surface area (Å²) in [5.74, 6) is -0.463. The predicted octanol–water partition coefficient (Wildman–Crippen LogP) is 2.46. The SMILES string of the molecule is C=CCOc1ccc(/C=C2\SC(=O)N(CC(=O)OC)C2=O)cc1. The molecular weight excluding hydrogens is 318 g/mol. The number of benzene rings is 1. The Hall–Kier alpha value is -2.54. The highest BCUT2D eigenvalue weighted by atomic mass is 32.2. The summed E-state index contributed by atoms with van der Waals surface area (Å²) < 4.78 is 9.84. The minimum absolute atomic E-state index is 0.263. The second kappa shape index (κ2) is 7.64. The van der Waals surface area contributed by atoms with Crippen LogP contribution in [0.2, 0.25) is 0 Å². The van der Waals surface area contributed by atoms with Gasteiger partial charge in [0.15, 0.2) is 0 Å². The first kappa shape index (κ1) is 16.8. The van der Waals surface area contributed by atoms with Crippen LogP contribution >= 0.6 is 11.8 Å². The van der Waals surface area contributed by atoms with Crippen LogP contribution < -0.4 is 4.74 Å². The first-order valence-corrected chi connectivity index (χ1v) is 7.52. The van der Waals surface area contributed by atoms with E-state index < -0.39 is 17.1 Å². The van der Waals surface area contributed by atoms with Crippen molar-refractivity contribution in [2.75, 3.05) is 20.3 Å². The highest BCUT2D eigenvalue weighted by molar-refractivity contribution is 8.18. The summed E-state index contributed by atoms with van der Waals surface area (Å²) in [5, 5.41) is -0.488. The summed E-state index contributed by atoms with van der Waals surface area (Å²) in [7, 11) is 1.20. The van der Waals surface area contributed by atoms with Crippen LogP contribution in [-0.4, -0.2) is 42.3 Å². The first-order chi connectivity index (χ1) is 11.0. The van der Waals surface area contributed by atoms with E-state index in [0.29, 0.717) is 12.4 Å². The van der Waals surface area contributed by atoms with Gasteiger partial charge < -0.3 is 9.47 Å². The lowest BCUT2D eigenvalue weighted by Gasteiger charge is -2.09. The number of imide groups is 1. The zero-order valence-electron chi connectivity index (χ0n) is 12.5. The molecule has 0 N–H and O–H groups in total. The van der Waals surface area contributed by atoms with Crippen molar-refractivity contribution < 1.29 is 23.9 Å². The molecule has 1 aromatic rings. The molecule has 1 saturated heterocycles. The van der Waals surface area contributed by atoms with Crippen molar-refractivity contribution in [3.8, 4) is 5.75 Å². The van der Waals surface area contributed by atoms with Crippen molar-refractivity contribution >= 4 is 35.0 Å². The molecule has 6 nitrogen and oxygen atoms in total. The van der Waals surface area contributed by atoms with Gasteiger partial charge in [-0.1, -0.05) is 24.8 Å². The Morgan fingerprint density at radius 3 is 2.61 bits per heavy atom. The van der Waals surface area contributed by atoms with E-state index in [-0.39, 0.29) is 11.4 Å². The molecule has 0 unspecified atom stereocenters. The predicted molar refractivity (Wildman–Crippen MR) is 86.8 cm³/mol. The van der Waals surface area contributed by atoms with Gasteiger partial charge in [-0.2, -0.15) is 0 Å². The van der Waals surface area contributed by atoms with E-state index in [1.807, 2.05) is 0 Å². The maximum absolute atomic E-state index is 12.2. The molecule has 1 fully saturated rings. The first-order valence-electron chi connectivity index (χ1n) is 6.71. The zero-order chi connectivity index (χ0) is 16.8. The van der Waals surface area contributed by atoms with Crippen LogP contribution in [0.3, 0.4) is 0 Å². The summed E-state index contributed by atoms with van der Waals surface area (Å²) >= 11 is 0.793. The number of amides is 2. The Balaban J connectivity index is 2.10. The molecule has 0 atom stereocenters. The van der Waals surface area contributed by atoms with Gasteiger partial charge in [-0.05, 0) is 35.5 Å². The Labute approximate surface area is 137 Å². The van der Waals surface area contributed by atoms with Crippen molar-refractivity contribution in [1.82, 2.24) is 4.90 Å². The highest BCUT2D eigenvalue weighted by Crippen LogP contribution is 2.32. The van der Waals surface area contributed by atoms with Crippen LogP contribution in [0.4, 0.5) is 4.79 Å². The summed E-state index contributed by atoms with van der Waals surface area (Å²) in [6.45, 7) is 3.59. The van der Waals surface area contributed by atoms with E-state index in [1.165, 1.54) is 7.11 Å². The van der Waals surface area contributed by atoms with Gasteiger partial charge in [0.2, 0.25) is 0 Å². The third-order valence-electron chi connectivity index (χ3n) is 2.93. The van der Waals surface area contributed by atoms with Gasteiger partial charge in [-0.25, -0.2) is 0 Å². The standard InChI is InChI=1S/C16H15NO5S/c1-3-8-22-12-6-4-11(5-7-12)9-13-15(19)17(16(20)23-13)10-14(18)21-2/h3-7,9H,1,8,10H2,2H3/b13-9-. The van der Waals surface area contributed by atoms with Crippen LogP contribution in [0.15, 0.2) is 41.8 Å². The Bertz CT molecular complexity index is 666. The van der Waals surface area contributed by atoms with E-state index in [0.717, 1.165) is 22.2 Å². The fourth-order valence-corrected chi connectivity index (χ4v) is 2.64. The maximum atomic E-state index is 12.2. The van der Waals surface area contributed by atoms with Gasteiger partial charge in [-0.3, -0.25) is 19.3 Å². The molecule has 120 valence electrons. The minimum atomic E-state index is -0.641. The largest absolute Gasteiger partial charge is 0.490 e. The number of ether oxygens (including phenoxy) is 2. The fraction of sp³-hybridized carbons (Fsp3) is 0.188. The smallest absolute Gasteiger partial charge is 0.325 e. The zero-order valence-corrected chi connectivity index (χ0v) is 13.3. The van der Waals surface area contributed by atoms with Crippen molar-refractivity contribution in [1.29, 1.82) is 0 Å². The van der Waals surface area contributed by atoms with E-state index in [2.05, 4.69) is 11.3 Å². The Morgan fingerprint density at radius 2 is 2.00 bits per heavy atom. The summed E-state index contributed by atoms with van der Waals surface area (Å²) in [4.78, 5) is 36.3. The average molecular weight is 333 g/mol. The minimum Gasteiger partial charge on any atom is -0.490 e. The van der Waals surface area contributed by atoms with Crippen molar-refractivity contribution in [2.24, 2.45) is 0 Å². The molecule has 1 aliphatic rings. The van der Waals surface area contributed by atoms with Crippen LogP contribution in [0.5, 0.6) is 5.75 Å². The maximum Gasteiger partial charge on any atom is 0.325 e. The van der Waals surface area contributed by atoms with Crippen LogP contribution in [0.1, 0.15) is 5.56 Å². The second-order valence-electron chi connectivity index (χ2n) is 4.51. The normalized spacial score (nSPS) is 15.9. The number of methoxy groups -OCH3 is 1. The number of esters is 1. The third-order valence-corrected chi connectivity index (χ3v) is 3.84. The van der Waals surface area contributed by atoms with Crippen molar-refractivity contribution in [2.45, 2.75) is 0 Å². The number of rotatable bonds is 6. The van der Waals surface area contributed by atoms with Gasteiger partial charge in [0.1, 0.15) is 18.9 Å². The molecule has 23 heavy (non-hydrogen) atoms. The number of hydrogen-bond acceptors (Lipinski definition) is 6. The molecule has 7 heteroatoms. The number of carbonyl (C=O) groups is 3. The van der Waals surface area contributed by atoms with Gasteiger partial charge in [-0.15, -0.1) is 0 Å². The van der Waals surface area contributed by atoms with E-state index in [1.54, 1.807) is 36.4 Å². The van der Waals surface area contributed by atoms with E-state index in [9.17, 15) is 14.4 Å². The van der Waals surface area contributed by atoms with Gasteiger partial charge >= 0.3 is 5.97 Å². The van der Waals surface area contributed by atoms with Gasteiger partial charge in [0, 0.05) is 0 Å².